The molecule has 0 unspecified atom stereocenters. The molecular weight excluding hydrogens is 212 g/mol. The monoisotopic (exact) mass is 238 g/mol. The van der Waals surface area contributed by atoms with E-state index in [9.17, 15) is 4.79 Å². The number of allylic oxidation sites excluding steroid dienone is 2. The second-order valence-electron chi connectivity index (χ2n) is 4.25. The van der Waals surface area contributed by atoms with Crippen LogP contribution in [0.15, 0.2) is 25.3 Å². The summed E-state index contributed by atoms with van der Waals surface area (Å²) in [5.41, 5.74) is 0. The molecule has 0 aromatic heterocycles. The van der Waals surface area contributed by atoms with Crippen molar-refractivity contribution in [2.75, 3.05) is 6.61 Å². The van der Waals surface area contributed by atoms with E-state index in [1.54, 1.807) is 6.08 Å². The Labute approximate surface area is 106 Å². The zero-order valence-electron chi connectivity index (χ0n) is 11.0. The van der Waals surface area contributed by atoms with Crippen LogP contribution < -0.4 is 0 Å². The fourth-order valence-corrected chi connectivity index (χ4v) is 1.58. The van der Waals surface area contributed by atoms with Gasteiger partial charge in [-0.25, -0.2) is 0 Å². The number of esters is 1. The van der Waals surface area contributed by atoms with Gasteiger partial charge in [0.1, 0.15) is 0 Å². The molecule has 0 aliphatic carbocycles. The third kappa shape index (κ3) is 12.9. The third-order valence-corrected chi connectivity index (χ3v) is 2.62. The van der Waals surface area contributed by atoms with Crippen LogP contribution in [0.1, 0.15) is 57.8 Å². The Morgan fingerprint density at radius 2 is 1.47 bits per heavy atom. The summed E-state index contributed by atoms with van der Waals surface area (Å²) < 4.78 is 5.09. The summed E-state index contributed by atoms with van der Waals surface area (Å²) in [7, 11) is 0. The molecule has 0 rings (SSSR count). The minimum absolute atomic E-state index is 0.101. The van der Waals surface area contributed by atoms with E-state index in [-0.39, 0.29) is 5.97 Å². The van der Waals surface area contributed by atoms with Crippen LogP contribution in [0.2, 0.25) is 0 Å². The highest BCUT2D eigenvalue weighted by Crippen LogP contribution is 2.07. The van der Waals surface area contributed by atoms with Gasteiger partial charge in [-0.2, -0.15) is 0 Å². The Morgan fingerprint density at radius 1 is 0.882 bits per heavy atom. The number of hydrogen-bond donors (Lipinski definition) is 0. The van der Waals surface area contributed by atoms with Crippen molar-refractivity contribution in [1.82, 2.24) is 0 Å². The number of rotatable bonds is 12. The minimum Gasteiger partial charge on any atom is -0.466 e. The van der Waals surface area contributed by atoms with Crippen molar-refractivity contribution >= 4 is 5.97 Å². The molecule has 0 atom stereocenters. The number of carbonyl (C=O) groups excluding carboxylic acids is 1. The topological polar surface area (TPSA) is 26.3 Å². The van der Waals surface area contributed by atoms with E-state index in [2.05, 4.69) is 13.2 Å². The molecule has 0 saturated carbocycles. The van der Waals surface area contributed by atoms with Gasteiger partial charge in [0, 0.05) is 6.42 Å². The number of hydrogen-bond acceptors (Lipinski definition) is 2. The van der Waals surface area contributed by atoms with Gasteiger partial charge < -0.3 is 4.74 Å². The van der Waals surface area contributed by atoms with Gasteiger partial charge in [-0.05, 0) is 25.7 Å². The molecule has 0 spiro atoms. The molecular formula is C15H26O2. The lowest BCUT2D eigenvalue weighted by atomic mass is 10.1. The van der Waals surface area contributed by atoms with E-state index in [1.807, 2.05) is 6.08 Å². The summed E-state index contributed by atoms with van der Waals surface area (Å²) in [6, 6.07) is 0. The smallest absolute Gasteiger partial charge is 0.306 e. The number of carbonyl (C=O) groups is 1. The molecule has 2 nitrogen and oxygen atoms in total. The maximum absolute atomic E-state index is 11.1. The van der Waals surface area contributed by atoms with Gasteiger partial charge in [-0.1, -0.05) is 37.8 Å². The van der Waals surface area contributed by atoms with E-state index in [0.717, 1.165) is 19.3 Å². The van der Waals surface area contributed by atoms with Crippen LogP contribution >= 0.6 is 0 Å². The summed E-state index contributed by atoms with van der Waals surface area (Å²) in [6.45, 7) is 7.84. The zero-order valence-corrected chi connectivity index (χ0v) is 11.0. The van der Waals surface area contributed by atoms with Gasteiger partial charge >= 0.3 is 5.97 Å². The van der Waals surface area contributed by atoms with E-state index >= 15 is 0 Å². The summed E-state index contributed by atoms with van der Waals surface area (Å²) in [6.07, 6.45) is 13.2. The summed E-state index contributed by atoms with van der Waals surface area (Å²) in [4.78, 5) is 11.1. The van der Waals surface area contributed by atoms with E-state index in [0.29, 0.717) is 19.4 Å². The van der Waals surface area contributed by atoms with Gasteiger partial charge in [0.25, 0.3) is 0 Å². The van der Waals surface area contributed by atoms with E-state index in [4.69, 9.17) is 4.74 Å². The van der Waals surface area contributed by atoms with Crippen molar-refractivity contribution in [3.8, 4) is 0 Å². The largest absolute Gasteiger partial charge is 0.466 e. The zero-order chi connectivity index (χ0) is 12.8. The highest BCUT2D eigenvalue weighted by atomic mass is 16.5. The van der Waals surface area contributed by atoms with E-state index < -0.39 is 0 Å². The molecule has 98 valence electrons. The highest BCUT2D eigenvalue weighted by molar-refractivity contribution is 5.69. The maximum Gasteiger partial charge on any atom is 0.306 e. The highest BCUT2D eigenvalue weighted by Gasteiger charge is 2.00. The van der Waals surface area contributed by atoms with Crippen LogP contribution in [0.3, 0.4) is 0 Å². The first-order valence-electron chi connectivity index (χ1n) is 6.68. The molecule has 0 aliphatic heterocycles. The second-order valence-corrected chi connectivity index (χ2v) is 4.25. The van der Waals surface area contributed by atoms with E-state index in [1.165, 1.54) is 25.7 Å². The first kappa shape index (κ1) is 16.0. The van der Waals surface area contributed by atoms with Crippen molar-refractivity contribution in [2.24, 2.45) is 0 Å². The lowest BCUT2D eigenvalue weighted by molar-refractivity contribution is -0.143. The van der Waals surface area contributed by atoms with Crippen molar-refractivity contribution in [3.63, 3.8) is 0 Å². The summed E-state index contributed by atoms with van der Waals surface area (Å²) >= 11 is 0. The fraction of sp³-hybridized carbons (Fsp3) is 0.667. The normalized spacial score (nSPS) is 9.88. The lowest BCUT2D eigenvalue weighted by Gasteiger charge is -2.04. The Hall–Kier alpha value is -1.05. The van der Waals surface area contributed by atoms with Gasteiger partial charge in [0.05, 0.1) is 6.61 Å². The standard InChI is InChI=1S/C15H26O2/c1-3-5-7-8-9-10-11-12-14-17-15(16)13-6-4-2/h3-4H,1-2,5-14H2. The molecule has 0 bridgehead atoms. The first-order chi connectivity index (χ1) is 8.31. The van der Waals surface area contributed by atoms with Gasteiger partial charge in [-0.3, -0.25) is 4.79 Å². The second kappa shape index (κ2) is 13.0. The average molecular weight is 238 g/mol. The molecule has 0 saturated heterocycles. The summed E-state index contributed by atoms with van der Waals surface area (Å²) in [5.74, 6) is -0.101. The Morgan fingerprint density at radius 3 is 2.12 bits per heavy atom. The molecule has 0 aromatic carbocycles. The predicted octanol–water partition coefficient (Wildman–Crippen LogP) is 4.41. The number of ether oxygens (including phenoxy) is 1. The fourth-order valence-electron chi connectivity index (χ4n) is 1.58. The first-order valence-corrected chi connectivity index (χ1v) is 6.68. The number of unbranched alkanes of at least 4 members (excludes halogenated alkanes) is 6. The van der Waals surface area contributed by atoms with Crippen LogP contribution in [0.4, 0.5) is 0 Å². The van der Waals surface area contributed by atoms with Gasteiger partial charge in [0.2, 0.25) is 0 Å². The van der Waals surface area contributed by atoms with Crippen LogP contribution in [-0.2, 0) is 9.53 Å². The third-order valence-electron chi connectivity index (χ3n) is 2.62. The Balaban J connectivity index is 3.09. The van der Waals surface area contributed by atoms with Crippen LogP contribution in [0, 0.1) is 0 Å². The minimum atomic E-state index is -0.101. The average Bonchev–Trinajstić information content (AvgIpc) is 2.34. The Kier molecular flexibility index (Phi) is 12.2. The molecule has 17 heavy (non-hydrogen) atoms. The van der Waals surface area contributed by atoms with Crippen LogP contribution in [0.5, 0.6) is 0 Å². The SMILES string of the molecule is C=CCCCCCCCCOC(=O)CCC=C. The maximum atomic E-state index is 11.1. The molecule has 2 heteroatoms. The van der Waals surface area contributed by atoms with Gasteiger partial charge in [-0.15, -0.1) is 13.2 Å². The molecule has 0 radical (unpaired) electrons. The molecule has 0 aromatic rings. The lowest BCUT2D eigenvalue weighted by Crippen LogP contribution is -2.04. The van der Waals surface area contributed by atoms with Crippen molar-refractivity contribution in [2.45, 2.75) is 57.8 Å². The quantitative estimate of drug-likeness (QED) is 0.286. The van der Waals surface area contributed by atoms with Crippen LogP contribution in [0.25, 0.3) is 0 Å². The van der Waals surface area contributed by atoms with Crippen molar-refractivity contribution < 1.29 is 9.53 Å². The van der Waals surface area contributed by atoms with Crippen molar-refractivity contribution in [1.29, 1.82) is 0 Å². The Bertz CT molecular complexity index is 209. The molecule has 0 N–H and O–H groups in total. The van der Waals surface area contributed by atoms with Gasteiger partial charge in [0.15, 0.2) is 0 Å². The van der Waals surface area contributed by atoms with Crippen molar-refractivity contribution in [3.05, 3.63) is 25.3 Å². The molecule has 0 fully saturated rings. The molecule has 0 aliphatic rings. The predicted molar refractivity (Wildman–Crippen MR) is 72.9 cm³/mol. The molecule has 0 amide bonds. The van der Waals surface area contributed by atoms with Crippen LogP contribution in [-0.4, -0.2) is 12.6 Å². The molecule has 0 heterocycles. The summed E-state index contributed by atoms with van der Waals surface area (Å²) in [5, 5.41) is 0.